The normalized spacial score (nSPS) is 13.6. The molecule has 1 saturated heterocycles. The van der Waals surface area contributed by atoms with Gasteiger partial charge in [0.15, 0.2) is 11.6 Å². The Kier molecular flexibility index (Phi) is 7.29. The number of nitrogens with zero attached hydrogens (tertiary/aromatic N) is 6. The highest BCUT2D eigenvalue weighted by Gasteiger charge is 2.22. The van der Waals surface area contributed by atoms with Crippen molar-refractivity contribution in [3.8, 4) is 11.4 Å². The average molecular weight is 542 g/mol. The number of aromatic nitrogens is 4. The third kappa shape index (κ3) is 5.20. The summed E-state index contributed by atoms with van der Waals surface area (Å²) in [5, 5.41) is 0. The summed E-state index contributed by atoms with van der Waals surface area (Å²) in [5.41, 5.74) is 6.04. The standard InChI is InChI=1S/C25H25F2N7O3S/c1-3-37-24(35)15-11-29-25(30-12-15)33(2)13-16-10-19-21(38-16)23(34-4-6-36-7-5-34)32-22(31-19)14-8-17(26)20(28)18(27)9-14/h8-12H,3-7,13,28H2,1-2H3. The Hall–Kier alpha value is -3.97. The molecule has 0 unspecified atom stereocenters. The zero-order valence-corrected chi connectivity index (χ0v) is 21.6. The smallest absolute Gasteiger partial charge is 0.341 e. The van der Waals surface area contributed by atoms with Gasteiger partial charge in [-0.25, -0.2) is 33.5 Å². The van der Waals surface area contributed by atoms with E-state index in [2.05, 4.69) is 19.9 Å². The van der Waals surface area contributed by atoms with E-state index in [9.17, 15) is 13.6 Å². The number of morpholine rings is 1. The van der Waals surface area contributed by atoms with Gasteiger partial charge in [-0.05, 0) is 25.1 Å². The van der Waals surface area contributed by atoms with E-state index < -0.39 is 23.3 Å². The van der Waals surface area contributed by atoms with Gasteiger partial charge in [-0.2, -0.15) is 0 Å². The molecule has 0 saturated carbocycles. The molecule has 0 bridgehead atoms. The van der Waals surface area contributed by atoms with Crippen molar-refractivity contribution in [2.45, 2.75) is 13.5 Å². The second-order valence-electron chi connectivity index (χ2n) is 8.60. The van der Waals surface area contributed by atoms with Crippen LogP contribution >= 0.6 is 11.3 Å². The van der Waals surface area contributed by atoms with Crippen molar-refractivity contribution in [2.24, 2.45) is 0 Å². The Labute approximate surface area is 221 Å². The van der Waals surface area contributed by atoms with E-state index in [1.807, 2.05) is 18.0 Å². The van der Waals surface area contributed by atoms with Crippen molar-refractivity contribution in [3.63, 3.8) is 0 Å². The Morgan fingerprint density at radius 2 is 1.84 bits per heavy atom. The van der Waals surface area contributed by atoms with E-state index in [0.717, 1.165) is 21.7 Å². The highest BCUT2D eigenvalue weighted by atomic mass is 32.1. The first-order valence-corrected chi connectivity index (χ1v) is 12.7. The molecule has 198 valence electrons. The van der Waals surface area contributed by atoms with Crippen LogP contribution in [0.1, 0.15) is 22.2 Å². The third-order valence-corrected chi connectivity index (χ3v) is 7.04. The fraction of sp³-hybridized carbons (Fsp3) is 0.320. The van der Waals surface area contributed by atoms with E-state index in [4.69, 9.17) is 20.2 Å². The molecule has 0 spiro atoms. The maximum atomic E-state index is 14.2. The number of nitrogens with two attached hydrogens (primary N) is 1. The monoisotopic (exact) mass is 541 g/mol. The van der Waals surface area contributed by atoms with E-state index in [1.54, 1.807) is 6.92 Å². The number of nitrogen functional groups attached to an aromatic ring is 1. The number of ether oxygens (including phenoxy) is 2. The molecule has 10 nitrogen and oxygen atoms in total. The van der Waals surface area contributed by atoms with Gasteiger partial charge in [0.1, 0.15) is 17.3 Å². The Morgan fingerprint density at radius 1 is 1.16 bits per heavy atom. The van der Waals surface area contributed by atoms with Gasteiger partial charge in [0.2, 0.25) is 5.95 Å². The average Bonchev–Trinajstić information content (AvgIpc) is 3.33. The summed E-state index contributed by atoms with van der Waals surface area (Å²) in [4.78, 5) is 34.7. The number of carbonyl (C=O) groups excluding carboxylic acids is 1. The Balaban J connectivity index is 1.48. The number of rotatable bonds is 7. The maximum Gasteiger partial charge on any atom is 0.341 e. The number of thiophene rings is 1. The topological polar surface area (TPSA) is 120 Å². The van der Waals surface area contributed by atoms with Crippen molar-refractivity contribution < 1.29 is 23.0 Å². The van der Waals surface area contributed by atoms with Gasteiger partial charge < -0.3 is 25.0 Å². The lowest BCUT2D eigenvalue weighted by Crippen LogP contribution is -2.36. The molecule has 5 rings (SSSR count). The van der Waals surface area contributed by atoms with E-state index in [-0.39, 0.29) is 23.6 Å². The fourth-order valence-electron chi connectivity index (χ4n) is 4.02. The predicted molar refractivity (Wildman–Crippen MR) is 140 cm³/mol. The molecule has 0 radical (unpaired) electrons. The van der Waals surface area contributed by atoms with Crippen LogP contribution in [0, 0.1) is 11.6 Å². The molecule has 1 aliphatic heterocycles. The molecule has 13 heteroatoms. The molecule has 0 atom stereocenters. The minimum atomic E-state index is -0.863. The van der Waals surface area contributed by atoms with Crippen LogP contribution in [0.4, 0.5) is 26.2 Å². The van der Waals surface area contributed by atoms with Crippen molar-refractivity contribution in [3.05, 3.63) is 52.7 Å². The van der Waals surface area contributed by atoms with Crippen molar-refractivity contribution in [2.75, 3.05) is 55.5 Å². The molecule has 4 heterocycles. The summed E-state index contributed by atoms with van der Waals surface area (Å²) in [6, 6.07) is 4.20. The second-order valence-corrected chi connectivity index (χ2v) is 9.74. The van der Waals surface area contributed by atoms with Crippen LogP contribution in [0.5, 0.6) is 0 Å². The lowest BCUT2D eigenvalue weighted by Gasteiger charge is -2.28. The number of halogens is 2. The third-order valence-electron chi connectivity index (χ3n) is 5.94. The van der Waals surface area contributed by atoms with Crippen LogP contribution in [-0.2, 0) is 16.0 Å². The van der Waals surface area contributed by atoms with Gasteiger partial charge >= 0.3 is 5.97 Å². The number of hydrogen-bond donors (Lipinski definition) is 1. The number of hydrogen-bond acceptors (Lipinski definition) is 11. The van der Waals surface area contributed by atoms with E-state index in [0.29, 0.717) is 50.1 Å². The Morgan fingerprint density at radius 3 is 2.50 bits per heavy atom. The van der Waals surface area contributed by atoms with Crippen LogP contribution in [0.25, 0.3) is 21.6 Å². The van der Waals surface area contributed by atoms with Gasteiger partial charge in [0.05, 0.1) is 42.1 Å². The minimum absolute atomic E-state index is 0.200. The highest BCUT2D eigenvalue weighted by molar-refractivity contribution is 7.19. The summed E-state index contributed by atoms with van der Waals surface area (Å²) in [5.74, 6) is -0.885. The zero-order chi connectivity index (χ0) is 26.8. The molecule has 3 aromatic heterocycles. The lowest BCUT2D eigenvalue weighted by atomic mass is 10.1. The number of fused-ring (bicyclic) bond motifs is 1. The second kappa shape index (κ2) is 10.8. The van der Waals surface area contributed by atoms with Crippen molar-refractivity contribution in [1.29, 1.82) is 0 Å². The molecule has 2 N–H and O–H groups in total. The summed E-state index contributed by atoms with van der Waals surface area (Å²) < 4.78 is 39.8. The molecule has 0 amide bonds. The van der Waals surface area contributed by atoms with Crippen LogP contribution in [0.2, 0.25) is 0 Å². The Bertz CT molecular complexity index is 1450. The molecule has 1 aromatic carbocycles. The number of anilines is 3. The molecular formula is C25H25F2N7O3S. The summed E-state index contributed by atoms with van der Waals surface area (Å²) in [6.45, 7) is 4.82. The van der Waals surface area contributed by atoms with Crippen molar-refractivity contribution in [1.82, 2.24) is 19.9 Å². The number of benzene rings is 1. The van der Waals surface area contributed by atoms with Gasteiger partial charge in [-0.3, -0.25) is 0 Å². The number of carbonyl (C=O) groups is 1. The molecule has 1 aliphatic rings. The van der Waals surface area contributed by atoms with Gasteiger partial charge in [-0.15, -0.1) is 11.3 Å². The van der Waals surface area contributed by atoms with Crippen LogP contribution in [-0.4, -0.2) is 65.9 Å². The zero-order valence-electron chi connectivity index (χ0n) is 20.8. The maximum absolute atomic E-state index is 14.2. The summed E-state index contributed by atoms with van der Waals surface area (Å²) in [6.07, 6.45) is 2.86. The van der Waals surface area contributed by atoms with Crippen molar-refractivity contribution >= 4 is 45.0 Å². The summed E-state index contributed by atoms with van der Waals surface area (Å²) in [7, 11) is 1.84. The van der Waals surface area contributed by atoms with Crippen LogP contribution in [0.15, 0.2) is 30.6 Å². The quantitative estimate of drug-likeness (QED) is 0.274. The summed E-state index contributed by atoms with van der Waals surface area (Å²) >= 11 is 1.52. The largest absolute Gasteiger partial charge is 0.462 e. The van der Waals surface area contributed by atoms with E-state index in [1.165, 1.54) is 23.7 Å². The first-order valence-electron chi connectivity index (χ1n) is 11.9. The van der Waals surface area contributed by atoms with Crippen LogP contribution < -0.4 is 15.5 Å². The minimum Gasteiger partial charge on any atom is -0.462 e. The van der Waals surface area contributed by atoms with E-state index >= 15 is 0 Å². The molecular weight excluding hydrogens is 516 g/mol. The molecule has 38 heavy (non-hydrogen) atoms. The first kappa shape index (κ1) is 25.7. The van der Waals surface area contributed by atoms with Crippen LogP contribution in [0.3, 0.4) is 0 Å². The lowest BCUT2D eigenvalue weighted by molar-refractivity contribution is 0.0525. The van der Waals surface area contributed by atoms with Gasteiger partial charge in [0.25, 0.3) is 0 Å². The number of esters is 1. The van der Waals surface area contributed by atoms with Gasteiger partial charge in [-0.1, -0.05) is 0 Å². The molecule has 4 aromatic rings. The predicted octanol–water partition coefficient (Wildman–Crippen LogP) is 3.66. The first-order chi connectivity index (χ1) is 18.3. The highest BCUT2D eigenvalue weighted by Crippen LogP contribution is 2.36. The molecule has 1 fully saturated rings. The fourth-order valence-corrected chi connectivity index (χ4v) is 5.18. The molecule has 0 aliphatic carbocycles. The SMILES string of the molecule is CCOC(=O)c1cnc(N(C)Cc2cc3nc(-c4cc(F)c(N)c(F)c4)nc(N4CCOCC4)c3s2)nc1. The van der Waals surface area contributed by atoms with Gasteiger partial charge in [0, 0.05) is 43.0 Å².